The number of nitrogens with zero attached hydrogens (tertiary/aromatic N) is 2. The van der Waals surface area contributed by atoms with Crippen LogP contribution in [-0.4, -0.2) is 15.5 Å². The van der Waals surface area contributed by atoms with Crippen LogP contribution in [0.3, 0.4) is 0 Å². The Morgan fingerprint density at radius 1 is 1.47 bits per heavy atom. The van der Waals surface area contributed by atoms with Crippen molar-refractivity contribution in [3.05, 3.63) is 17.2 Å². The van der Waals surface area contributed by atoms with E-state index in [-0.39, 0.29) is 5.91 Å². The van der Waals surface area contributed by atoms with E-state index in [2.05, 4.69) is 9.55 Å². The molecule has 0 aliphatic heterocycles. The number of nitrogens with two attached hydrogens (primary N) is 1. The topological polar surface area (TPSA) is 60.9 Å². The van der Waals surface area contributed by atoms with Gasteiger partial charge in [-0.15, -0.1) is 0 Å². The zero-order valence-corrected chi connectivity index (χ0v) is 9.12. The van der Waals surface area contributed by atoms with Crippen LogP contribution in [-0.2, 0) is 24.2 Å². The highest BCUT2D eigenvalue weighted by atomic mass is 16.1. The van der Waals surface area contributed by atoms with E-state index in [1.54, 1.807) is 0 Å². The molecule has 0 saturated carbocycles. The van der Waals surface area contributed by atoms with E-state index in [1.165, 1.54) is 24.2 Å². The minimum Gasteiger partial charge on any atom is -0.370 e. The molecular weight excluding hydrogens is 190 g/mol. The van der Waals surface area contributed by atoms with Crippen LogP contribution < -0.4 is 5.73 Å². The Labute approximate surface area is 89.5 Å². The van der Waals surface area contributed by atoms with Crippen molar-refractivity contribution in [3.63, 3.8) is 0 Å². The Morgan fingerprint density at radius 2 is 2.20 bits per heavy atom. The first kappa shape index (κ1) is 10.2. The summed E-state index contributed by atoms with van der Waals surface area (Å²) in [5, 5.41) is 0. The van der Waals surface area contributed by atoms with Crippen LogP contribution in [0.5, 0.6) is 0 Å². The Balaban J connectivity index is 2.21. The molecule has 0 unspecified atom stereocenters. The molecule has 0 atom stereocenters. The summed E-state index contributed by atoms with van der Waals surface area (Å²) in [7, 11) is 0. The lowest BCUT2D eigenvalue weighted by atomic mass is 10.0. The largest absolute Gasteiger partial charge is 0.370 e. The maximum atomic E-state index is 10.8. The van der Waals surface area contributed by atoms with E-state index < -0.39 is 0 Å². The van der Waals surface area contributed by atoms with E-state index in [0.717, 1.165) is 18.7 Å². The van der Waals surface area contributed by atoms with Gasteiger partial charge in [0.15, 0.2) is 0 Å². The number of carbonyl (C=O) groups excluding carboxylic acids is 1. The molecule has 4 nitrogen and oxygen atoms in total. The van der Waals surface area contributed by atoms with Crippen LogP contribution in [0, 0.1) is 6.92 Å². The summed E-state index contributed by atoms with van der Waals surface area (Å²) in [6.45, 7) is 2.68. The number of hydrogen-bond donors (Lipinski definition) is 1. The summed E-state index contributed by atoms with van der Waals surface area (Å²) in [6.07, 6.45) is 5.05. The first-order chi connectivity index (χ1) is 7.18. The predicted octanol–water partition coefficient (Wildman–Crippen LogP) is 0.946. The lowest BCUT2D eigenvalue weighted by Gasteiger charge is -2.14. The fourth-order valence-corrected chi connectivity index (χ4v) is 2.25. The Hall–Kier alpha value is -1.32. The lowest BCUT2D eigenvalue weighted by molar-refractivity contribution is -0.118. The zero-order valence-electron chi connectivity index (χ0n) is 9.12. The zero-order chi connectivity index (χ0) is 10.8. The van der Waals surface area contributed by atoms with Gasteiger partial charge >= 0.3 is 0 Å². The minimum absolute atomic E-state index is 0.243. The molecule has 0 aromatic carbocycles. The third-order valence-corrected chi connectivity index (χ3v) is 3.01. The normalized spacial score (nSPS) is 15.0. The molecule has 0 radical (unpaired) electrons. The quantitative estimate of drug-likeness (QED) is 0.802. The van der Waals surface area contributed by atoms with Gasteiger partial charge in [-0.2, -0.15) is 0 Å². The number of fused-ring (bicyclic) bond motifs is 1. The first-order valence-electron chi connectivity index (χ1n) is 5.51. The van der Waals surface area contributed by atoms with Crippen molar-refractivity contribution in [2.45, 2.75) is 45.6 Å². The second-order valence-corrected chi connectivity index (χ2v) is 4.13. The number of aromatic nitrogens is 2. The smallest absolute Gasteiger partial charge is 0.219 e. The van der Waals surface area contributed by atoms with Crippen LogP contribution in [0.25, 0.3) is 0 Å². The third-order valence-electron chi connectivity index (χ3n) is 3.01. The maximum absolute atomic E-state index is 10.8. The van der Waals surface area contributed by atoms with Gasteiger partial charge < -0.3 is 10.3 Å². The monoisotopic (exact) mass is 207 g/mol. The highest BCUT2D eigenvalue weighted by molar-refractivity contribution is 5.73. The number of hydrogen-bond acceptors (Lipinski definition) is 2. The highest BCUT2D eigenvalue weighted by Crippen LogP contribution is 2.22. The van der Waals surface area contributed by atoms with Crippen LogP contribution in [0.15, 0.2) is 0 Å². The Morgan fingerprint density at radius 3 is 2.93 bits per heavy atom. The summed E-state index contributed by atoms with van der Waals surface area (Å²) in [5.74, 6) is 0.774. The van der Waals surface area contributed by atoms with Crippen LogP contribution in [0.2, 0.25) is 0 Å². The van der Waals surface area contributed by atoms with Crippen molar-refractivity contribution in [2.24, 2.45) is 5.73 Å². The molecule has 1 aliphatic rings. The van der Waals surface area contributed by atoms with E-state index in [9.17, 15) is 4.79 Å². The van der Waals surface area contributed by atoms with Gasteiger partial charge in [-0.3, -0.25) is 4.79 Å². The summed E-state index contributed by atoms with van der Waals surface area (Å²) < 4.78 is 2.15. The average Bonchev–Trinajstić information content (AvgIpc) is 2.50. The number of rotatable bonds is 3. The van der Waals surface area contributed by atoms with Gasteiger partial charge in [0.25, 0.3) is 0 Å². The molecule has 15 heavy (non-hydrogen) atoms. The number of primary amides is 1. The van der Waals surface area contributed by atoms with E-state index in [0.29, 0.717) is 13.0 Å². The van der Waals surface area contributed by atoms with Crippen LogP contribution >= 0.6 is 0 Å². The van der Waals surface area contributed by atoms with Crippen molar-refractivity contribution in [1.82, 2.24) is 9.55 Å². The Bertz CT molecular complexity index is 381. The van der Waals surface area contributed by atoms with Gasteiger partial charge in [-0.1, -0.05) is 0 Å². The standard InChI is InChI=1S/C11H17N3O/c1-8-13-9-4-2-3-5-10(9)14(8)7-6-11(12)15/h2-7H2,1H3,(H2,12,15). The van der Waals surface area contributed by atoms with Gasteiger partial charge in [0.1, 0.15) is 5.82 Å². The highest BCUT2D eigenvalue weighted by Gasteiger charge is 2.17. The van der Waals surface area contributed by atoms with E-state index in [4.69, 9.17) is 5.73 Å². The van der Waals surface area contributed by atoms with Crippen molar-refractivity contribution in [1.29, 1.82) is 0 Å². The molecule has 0 bridgehead atoms. The van der Waals surface area contributed by atoms with Gasteiger partial charge in [0, 0.05) is 18.7 Å². The van der Waals surface area contributed by atoms with Crippen molar-refractivity contribution >= 4 is 5.91 Å². The van der Waals surface area contributed by atoms with E-state index >= 15 is 0 Å². The summed E-state index contributed by atoms with van der Waals surface area (Å²) >= 11 is 0. The maximum Gasteiger partial charge on any atom is 0.219 e. The number of imidazole rings is 1. The van der Waals surface area contributed by atoms with Crippen molar-refractivity contribution < 1.29 is 4.79 Å². The van der Waals surface area contributed by atoms with Gasteiger partial charge in [-0.25, -0.2) is 4.98 Å². The number of amides is 1. The van der Waals surface area contributed by atoms with Gasteiger partial charge in [0.05, 0.1) is 5.69 Å². The molecule has 4 heteroatoms. The van der Waals surface area contributed by atoms with Crippen LogP contribution in [0.1, 0.15) is 36.5 Å². The molecule has 0 saturated heterocycles. The Kier molecular flexibility index (Phi) is 2.75. The molecule has 1 heterocycles. The molecule has 0 spiro atoms. The van der Waals surface area contributed by atoms with Crippen molar-refractivity contribution in [3.8, 4) is 0 Å². The molecule has 1 amide bonds. The molecule has 2 rings (SSSR count). The SMILES string of the molecule is Cc1nc2c(n1CCC(N)=O)CCCC2. The molecule has 2 N–H and O–H groups in total. The fourth-order valence-electron chi connectivity index (χ4n) is 2.25. The first-order valence-corrected chi connectivity index (χ1v) is 5.51. The minimum atomic E-state index is -0.243. The molecule has 82 valence electrons. The molecule has 1 aromatic heterocycles. The molecule has 1 aliphatic carbocycles. The van der Waals surface area contributed by atoms with Crippen molar-refractivity contribution in [2.75, 3.05) is 0 Å². The number of carbonyl (C=O) groups is 1. The second kappa shape index (κ2) is 4.04. The predicted molar refractivity (Wildman–Crippen MR) is 57.4 cm³/mol. The molecule has 0 fully saturated rings. The van der Waals surface area contributed by atoms with Gasteiger partial charge in [-0.05, 0) is 32.6 Å². The summed E-state index contributed by atoms with van der Waals surface area (Å²) in [6, 6.07) is 0. The fraction of sp³-hybridized carbons (Fsp3) is 0.636. The number of aryl methyl sites for hydroxylation is 2. The summed E-state index contributed by atoms with van der Waals surface area (Å²) in [4.78, 5) is 15.3. The van der Waals surface area contributed by atoms with Crippen LogP contribution in [0.4, 0.5) is 0 Å². The average molecular weight is 207 g/mol. The van der Waals surface area contributed by atoms with Gasteiger partial charge in [0.2, 0.25) is 5.91 Å². The lowest BCUT2D eigenvalue weighted by Crippen LogP contribution is -2.16. The van der Waals surface area contributed by atoms with E-state index in [1.807, 2.05) is 6.92 Å². The third kappa shape index (κ3) is 2.03. The second-order valence-electron chi connectivity index (χ2n) is 4.13. The molecular formula is C11H17N3O. The summed E-state index contributed by atoms with van der Waals surface area (Å²) in [5.41, 5.74) is 7.71. The molecule has 1 aromatic rings.